The van der Waals surface area contributed by atoms with Crippen LogP contribution in [0.1, 0.15) is 90.4 Å². The minimum Gasteiger partial charge on any atom is -0.550 e. The van der Waals surface area contributed by atoms with Gasteiger partial charge < -0.3 is 39.9 Å². The number of hydrogen-bond donors (Lipinski definition) is 5. The van der Waals surface area contributed by atoms with Crippen LogP contribution in [0.5, 0.6) is 0 Å². The van der Waals surface area contributed by atoms with Crippen LogP contribution in [0.25, 0.3) is 0 Å². The van der Waals surface area contributed by atoms with E-state index in [4.69, 9.17) is 20.4 Å². The Labute approximate surface area is 218 Å². The van der Waals surface area contributed by atoms with Gasteiger partial charge in [-0.15, -0.1) is 0 Å². The Balaban J connectivity index is 0. The van der Waals surface area contributed by atoms with Crippen LogP contribution >= 0.6 is 0 Å². The Morgan fingerprint density at radius 3 is 1.41 bits per heavy atom. The van der Waals surface area contributed by atoms with Crippen molar-refractivity contribution in [3.63, 3.8) is 0 Å². The van der Waals surface area contributed by atoms with Crippen LogP contribution in [0.3, 0.4) is 0 Å². The zero-order valence-corrected chi connectivity index (χ0v) is 22.5. The quantitative estimate of drug-likeness (QED) is 0.109. The Morgan fingerprint density at radius 2 is 1.08 bits per heavy atom. The zero-order valence-electron chi connectivity index (χ0n) is 22.5. The molecule has 0 heterocycles. The summed E-state index contributed by atoms with van der Waals surface area (Å²) in [5.74, 6) is -6.77. The van der Waals surface area contributed by atoms with Crippen molar-refractivity contribution in [2.45, 2.75) is 102 Å². The number of hydrogen-bond acceptors (Lipinski definition) is 8. The fourth-order valence-corrected chi connectivity index (χ4v) is 3.81. The second kappa shape index (κ2) is 17.8. The van der Waals surface area contributed by atoms with E-state index in [0.717, 1.165) is 12.8 Å². The smallest absolute Gasteiger partial charge is 0.336 e. The highest BCUT2D eigenvalue weighted by Crippen LogP contribution is 2.20. The number of nitrogens with zero attached hydrogens (tertiary/aromatic N) is 1. The van der Waals surface area contributed by atoms with Gasteiger partial charge in [0, 0.05) is 18.8 Å². The van der Waals surface area contributed by atoms with E-state index in [9.17, 15) is 34.2 Å². The van der Waals surface area contributed by atoms with Crippen molar-refractivity contribution in [2.75, 3.05) is 27.7 Å². The third-order valence-corrected chi connectivity index (χ3v) is 5.48. The van der Waals surface area contributed by atoms with Gasteiger partial charge in [-0.1, -0.05) is 58.3 Å². The van der Waals surface area contributed by atoms with Gasteiger partial charge in [-0.25, -0.2) is 4.79 Å². The highest BCUT2D eigenvalue weighted by Gasteiger charge is 2.41. The number of ketones is 1. The van der Waals surface area contributed by atoms with E-state index in [2.05, 4.69) is 6.92 Å². The van der Waals surface area contributed by atoms with Gasteiger partial charge >= 0.3 is 17.9 Å². The third kappa shape index (κ3) is 19.2. The molecule has 0 rings (SSSR count). The Kier molecular flexibility index (Phi) is 17.6. The van der Waals surface area contributed by atoms with Crippen molar-refractivity contribution in [3.8, 4) is 0 Å². The van der Waals surface area contributed by atoms with E-state index >= 15 is 0 Å². The first-order chi connectivity index (χ1) is 16.9. The molecule has 0 amide bonds. The summed E-state index contributed by atoms with van der Waals surface area (Å²) in [6.45, 7) is 2.29. The molecule has 0 radical (unpaired) electrons. The van der Waals surface area contributed by atoms with Crippen molar-refractivity contribution < 1.29 is 59.1 Å². The van der Waals surface area contributed by atoms with Gasteiger partial charge in [-0.2, -0.15) is 0 Å². The Morgan fingerprint density at radius 1 is 0.676 bits per heavy atom. The van der Waals surface area contributed by atoms with Gasteiger partial charge in [-0.3, -0.25) is 14.4 Å². The molecule has 216 valence electrons. The highest BCUT2D eigenvalue weighted by molar-refractivity contribution is 5.90. The number of unbranched alkanes of at least 4 members (excludes halogenated alkanes) is 8. The predicted octanol–water partition coefficient (Wildman–Crippen LogP) is 0.805. The second-order valence-electron chi connectivity index (χ2n) is 10.5. The topological polar surface area (TPSA) is 210 Å². The molecule has 0 fully saturated rings. The van der Waals surface area contributed by atoms with Gasteiger partial charge in [0.25, 0.3) is 0 Å². The van der Waals surface area contributed by atoms with E-state index < -0.39 is 54.3 Å². The number of aliphatic hydroxyl groups is 2. The third-order valence-electron chi connectivity index (χ3n) is 5.48. The Hall–Kier alpha value is -2.57. The van der Waals surface area contributed by atoms with Crippen LogP contribution < -0.4 is 5.11 Å². The van der Waals surface area contributed by atoms with Gasteiger partial charge in [0.05, 0.1) is 34.0 Å². The fraction of sp³-hybridized carbons (Fsp3) is 0.800. The molecule has 0 aromatic rings. The number of Topliss-reactive ketones (excluding diaryl/α,β-unsaturated/α-hetero) is 1. The summed E-state index contributed by atoms with van der Waals surface area (Å²) in [6, 6.07) is 0. The van der Waals surface area contributed by atoms with E-state index in [1.54, 1.807) is 0 Å². The lowest BCUT2D eigenvalue weighted by atomic mass is 9.89. The van der Waals surface area contributed by atoms with Crippen LogP contribution in [0.4, 0.5) is 0 Å². The van der Waals surface area contributed by atoms with E-state index in [1.165, 1.54) is 38.5 Å². The van der Waals surface area contributed by atoms with E-state index in [0.29, 0.717) is 10.9 Å². The minimum atomic E-state index is -2.74. The number of rotatable bonds is 20. The Bertz CT molecular complexity index is 729. The molecule has 37 heavy (non-hydrogen) atoms. The molecule has 0 saturated carbocycles. The predicted molar refractivity (Wildman–Crippen MR) is 131 cm³/mol. The first-order valence-corrected chi connectivity index (χ1v) is 12.5. The largest absolute Gasteiger partial charge is 0.550 e. The molecule has 12 nitrogen and oxygen atoms in total. The van der Waals surface area contributed by atoms with Crippen molar-refractivity contribution >= 4 is 29.7 Å². The lowest BCUT2D eigenvalue weighted by molar-refractivity contribution is -0.875. The molecule has 0 saturated heterocycles. The van der Waals surface area contributed by atoms with Crippen LogP contribution in [0.2, 0.25) is 0 Å². The molecular formula is C25H45NO11. The number of carbonyl (C=O) groups excluding carboxylic acids is 2. The minimum absolute atomic E-state index is 0.0806. The van der Waals surface area contributed by atoms with Crippen LogP contribution in [0, 0.1) is 0 Å². The molecule has 0 bridgehead atoms. The van der Waals surface area contributed by atoms with Crippen molar-refractivity contribution in [3.05, 3.63) is 0 Å². The molecule has 12 heteroatoms. The van der Waals surface area contributed by atoms with Gasteiger partial charge in [0.2, 0.25) is 0 Å². The summed E-state index contributed by atoms with van der Waals surface area (Å²) in [4.78, 5) is 53.7. The fourth-order valence-electron chi connectivity index (χ4n) is 3.81. The molecule has 0 aliphatic heterocycles. The van der Waals surface area contributed by atoms with Gasteiger partial charge in [0.15, 0.2) is 17.0 Å². The molecule has 0 aromatic carbocycles. The maximum atomic E-state index is 12.3. The van der Waals surface area contributed by atoms with Crippen LogP contribution in [-0.2, 0) is 24.0 Å². The summed E-state index contributed by atoms with van der Waals surface area (Å²) in [5, 5.41) is 55.2. The van der Waals surface area contributed by atoms with Crippen molar-refractivity contribution in [2.24, 2.45) is 0 Å². The first-order valence-electron chi connectivity index (χ1n) is 12.5. The number of carbonyl (C=O) groups is 5. The van der Waals surface area contributed by atoms with E-state index in [1.807, 2.05) is 21.1 Å². The summed E-state index contributed by atoms with van der Waals surface area (Å²) in [5.41, 5.74) is -4.56. The number of carboxylic acids is 4. The van der Waals surface area contributed by atoms with Gasteiger partial charge in [-0.05, 0) is 6.42 Å². The molecular weight excluding hydrogens is 490 g/mol. The SMILES string of the molecule is CCCCCCCCCCCC(=O)C(O)(CC(=O)[O-])C[N+](C)(C)C.O=C(O)CC(O)(CC(=O)O)C(=O)O. The maximum absolute atomic E-state index is 12.3. The zero-order chi connectivity index (χ0) is 29.3. The normalized spacial score (nSPS) is 13.1. The molecule has 1 unspecified atom stereocenters. The van der Waals surface area contributed by atoms with E-state index in [-0.39, 0.29) is 18.7 Å². The van der Waals surface area contributed by atoms with Crippen LogP contribution in [0.15, 0.2) is 0 Å². The average molecular weight is 536 g/mol. The molecule has 5 N–H and O–H groups in total. The first kappa shape index (κ1) is 36.6. The summed E-state index contributed by atoms with van der Waals surface area (Å²) in [6.07, 6.45) is 7.63. The summed E-state index contributed by atoms with van der Waals surface area (Å²) in [7, 11) is 5.48. The number of likely N-dealkylation sites (N-methyl/N-ethyl adjacent to an activating group) is 1. The molecule has 0 aliphatic rings. The number of carboxylic acid groups (broad SMARTS) is 4. The standard InChI is InChI=1S/C19H37NO4.C6H8O7/c1-5-6-7-8-9-10-11-12-13-14-17(21)19(24,15-18(22)23)16-20(2,3)4;7-3(8)1-6(13,5(11)12)2-4(9)10/h24H,5-16H2,1-4H3;13H,1-2H2,(H,7,8)(H,9,10)(H,11,12). The molecule has 1 atom stereocenters. The highest BCUT2D eigenvalue weighted by atomic mass is 16.4. The van der Waals surface area contributed by atoms with Crippen molar-refractivity contribution in [1.29, 1.82) is 0 Å². The average Bonchev–Trinajstić information content (AvgIpc) is 2.69. The van der Waals surface area contributed by atoms with Crippen LogP contribution in [-0.4, -0.2) is 98.6 Å². The lowest BCUT2D eigenvalue weighted by Gasteiger charge is -2.34. The summed E-state index contributed by atoms with van der Waals surface area (Å²) >= 11 is 0. The second-order valence-corrected chi connectivity index (χ2v) is 10.5. The van der Waals surface area contributed by atoms with Crippen molar-refractivity contribution in [1.82, 2.24) is 0 Å². The number of aliphatic carboxylic acids is 4. The summed E-state index contributed by atoms with van der Waals surface area (Å²) < 4.78 is 0.327. The number of quaternary nitrogens is 1. The monoisotopic (exact) mass is 535 g/mol. The van der Waals surface area contributed by atoms with Gasteiger partial charge in [0.1, 0.15) is 6.54 Å². The molecule has 0 aliphatic carbocycles. The molecule has 0 spiro atoms. The lowest BCUT2D eigenvalue weighted by Crippen LogP contribution is -2.56. The maximum Gasteiger partial charge on any atom is 0.336 e. The molecule has 0 aromatic heterocycles.